The Hall–Kier alpha value is -3.75. The molecule has 0 rings (SSSR count). The molecular weight excluding hydrogens is 446 g/mol. The number of hydrogen-bond donors (Lipinski definition) is 8. The third-order valence-corrected chi connectivity index (χ3v) is 4.21. The molecule has 33 heavy (non-hydrogen) atoms. The maximum Gasteiger partial charge on any atom is 0.322 e. The van der Waals surface area contributed by atoms with Crippen LogP contribution in [0.5, 0.6) is 0 Å². The van der Waals surface area contributed by atoms with Gasteiger partial charge in [-0.05, 0) is 12.8 Å². The molecule has 15 heteroatoms. The predicted molar refractivity (Wildman–Crippen MR) is 109 cm³/mol. The van der Waals surface area contributed by atoms with Gasteiger partial charge in [-0.1, -0.05) is 13.8 Å². The van der Waals surface area contributed by atoms with Gasteiger partial charge in [0.2, 0.25) is 23.6 Å². The Kier molecular flexibility index (Phi) is 12.1. The normalized spacial score (nSPS) is 14.2. The molecular formula is C18H29N5O10. The fourth-order valence-electron chi connectivity index (χ4n) is 2.31. The molecule has 9 N–H and O–H groups in total. The number of carbonyl (C=O) groups excluding carboxylic acids is 4. The highest BCUT2D eigenvalue weighted by molar-refractivity contribution is 5.97. The first-order valence-electron chi connectivity index (χ1n) is 9.75. The van der Waals surface area contributed by atoms with Crippen LogP contribution in [-0.4, -0.2) is 87.6 Å². The second-order valence-corrected chi connectivity index (χ2v) is 7.43. The molecule has 15 nitrogen and oxygen atoms in total. The average molecular weight is 475 g/mol. The minimum absolute atomic E-state index is 0.335. The molecule has 0 unspecified atom stereocenters. The highest BCUT2D eigenvalue weighted by Crippen LogP contribution is 2.03. The summed E-state index contributed by atoms with van der Waals surface area (Å²) in [5, 5.41) is 35.0. The van der Waals surface area contributed by atoms with Crippen molar-refractivity contribution >= 4 is 41.5 Å². The number of carbonyl (C=O) groups is 7. The van der Waals surface area contributed by atoms with Crippen LogP contribution in [0.3, 0.4) is 0 Å². The number of carboxylic acid groups (broad SMARTS) is 3. The van der Waals surface area contributed by atoms with Crippen molar-refractivity contribution in [3.63, 3.8) is 0 Å². The highest BCUT2D eigenvalue weighted by atomic mass is 16.4. The molecule has 0 saturated heterocycles. The third kappa shape index (κ3) is 11.4. The van der Waals surface area contributed by atoms with Gasteiger partial charge in [0.05, 0.1) is 18.9 Å². The fourth-order valence-corrected chi connectivity index (χ4v) is 2.31. The molecule has 4 atom stereocenters. The lowest BCUT2D eigenvalue weighted by molar-refractivity contribution is -0.143. The Bertz CT molecular complexity index is 785. The van der Waals surface area contributed by atoms with Crippen LogP contribution in [0.15, 0.2) is 0 Å². The van der Waals surface area contributed by atoms with Gasteiger partial charge in [0.1, 0.15) is 24.7 Å². The van der Waals surface area contributed by atoms with Crippen molar-refractivity contribution in [1.82, 2.24) is 21.3 Å². The maximum absolute atomic E-state index is 12.6. The lowest BCUT2D eigenvalue weighted by Gasteiger charge is -2.24. The van der Waals surface area contributed by atoms with Crippen LogP contribution in [0, 0.1) is 5.92 Å². The summed E-state index contributed by atoms with van der Waals surface area (Å²) in [7, 11) is 0. The van der Waals surface area contributed by atoms with E-state index in [1.165, 1.54) is 6.92 Å². The van der Waals surface area contributed by atoms with Gasteiger partial charge in [-0.2, -0.15) is 0 Å². The standard InChI is InChI=1S/C18H29N5O10/c1-7(2)14(19)18(33)23-10(5-12(26)27)17(32)22-9(4-11(24)25)16(31)21-8(3)15(30)20-6-13(28)29/h7-10,14H,4-6,19H2,1-3H3,(H,20,30)(H,21,31)(H,22,32)(H,23,33)(H,24,25)(H,26,27)(H,28,29)/t8-,9-,10-,14-/m0/s1. The second-order valence-electron chi connectivity index (χ2n) is 7.43. The van der Waals surface area contributed by atoms with Crippen molar-refractivity contribution in [2.24, 2.45) is 11.7 Å². The molecule has 0 aliphatic rings. The van der Waals surface area contributed by atoms with Crippen LogP contribution in [0.25, 0.3) is 0 Å². The van der Waals surface area contributed by atoms with E-state index in [-0.39, 0.29) is 5.92 Å². The van der Waals surface area contributed by atoms with Gasteiger partial charge >= 0.3 is 17.9 Å². The summed E-state index contributed by atoms with van der Waals surface area (Å²) in [6.07, 6.45) is -1.81. The highest BCUT2D eigenvalue weighted by Gasteiger charge is 2.32. The number of carboxylic acids is 3. The number of nitrogens with one attached hydrogen (secondary N) is 4. The van der Waals surface area contributed by atoms with Crippen LogP contribution in [0.1, 0.15) is 33.6 Å². The summed E-state index contributed by atoms with van der Waals surface area (Å²) in [5.74, 6) is -8.61. The van der Waals surface area contributed by atoms with Gasteiger partial charge in [0.15, 0.2) is 0 Å². The monoisotopic (exact) mass is 475 g/mol. The first-order valence-corrected chi connectivity index (χ1v) is 9.75. The zero-order valence-electron chi connectivity index (χ0n) is 18.3. The molecule has 0 radical (unpaired) electrons. The zero-order valence-corrected chi connectivity index (χ0v) is 18.3. The number of nitrogens with two attached hydrogens (primary N) is 1. The van der Waals surface area contributed by atoms with Gasteiger partial charge in [-0.25, -0.2) is 0 Å². The van der Waals surface area contributed by atoms with E-state index in [0.717, 1.165) is 0 Å². The van der Waals surface area contributed by atoms with E-state index >= 15 is 0 Å². The Balaban J connectivity index is 5.41. The van der Waals surface area contributed by atoms with Crippen LogP contribution in [0.4, 0.5) is 0 Å². The van der Waals surface area contributed by atoms with Gasteiger partial charge in [0.25, 0.3) is 0 Å². The van der Waals surface area contributed by atoms with E-state index in [1.54, 1.807) is 13.8 Å². The number of rotatable bonds is 14. The molecule has 186 valence electrons. The smallest absolute Gasteiger partial charge is 0.322 e. The quantitative estimate of drug-likeness (QED) is 0.123. The number of amides is 4. The van der Waals surface area contributed by atoms with Crippen molar-refractivity contribution in [2.45, 2.75) is 57.8 Å². The minimum Gasteiger partial charge on any atom is -0.481 e. The van der Waals surface area contributed by atoms with Crippen molar-refractivity contribution < 1.29 is 48.9 Å². The second kappa shape index (κ2) is 13.6. The van der Waals surface area contributed by atoms with E-state index in [2.05, 4.69) is 10.6 Å². The summed E-state index contributed by atoms with van der Waals surface area (Å²) in [6.45, 7) is 3.72. The van der Waals surface area contributed by atoms with Gasteiger partial charge in [0, 0.05) is 0 Å². The van der Waals surface area contributed by atoms with Crippen molar-refractivity contribution in [1.29, 1.82) is 0 Å². The topological polar surface area (TPSA) is 254 Å². The van der Waals surface area contributed by atoms with Crippen LogP contribution in [0.2, 0.25) is 0 Å². The fraction of sp³-hybridized carbons (Fsp3) is 0.611. The van der Waals surface area contributed by atoms with E-state index in [0.29, 0.717) is 0 Å². The summed E-state index contributed by atoms with van der Waals surface area (Å²) >= 11 is 0. The molecule has 0 saturated carbocycles. The molecule has 0 fully saturated rings. The van der Waals surface area contributed by atoms with Crippen LogP contribution in [-0.2, 0) is 33.6 Å². The Morgan fingerprint density at radius 1 is 0.667 bits per heavy atom. The van der Waals surface area contributed by atoms with Gasteiger partial charge in [-0.3, -0.25) is 33.6 Å². The van der Waals surface area contributed by atoms with E-state index in [4.69, 9.17) is 21.1 Å². The zero-order chi connectivity index (χ0) is 25.9. The minimum atomic E-state index is -1.74. The Morgan fingerprint density at radius 3 is 1.48 bits per heavy atom. The van der Waals surface area contributed by atoms with Crippen molar-refractivity contribution in [3.05, 3.63) is 0 Å². The summed E-state index contributed by atoms with van der Waals surface area (Å²) in [5.41, 5.74) is 5.67. The number of hydrogen-bond acceptors (Lipinski definition) is 8. The molecule has 0 bridgehead atoms. The molecule has 4 amide bonds. The molecule has 0 aliphatic carbocycles. The SMILES string of the molecule is CC(C)[C@H](N)C(=O)N[C@@H](CC(=O)O)C(=O)N[C@@H](CC(=O)O)C(=O)N[C@@H](C)C(=O)NCC(=O)O. The lowest BCUT2D eigenvalue weighted by Crippen LogP contribution is -2.58. The molecule has 0 aromatic rings. The first-order chi connectivity index (χ1) is 15.1. The van der Waals surface area contributed by atoms with Crippen molar-refractivity contribution in [3.8, 4) is 0 Å². The summed E-state index contributed by atoms with van der Waals surface area (Å²) in [4.78, 5) is 81.6. The molecule has 0 aliphatic heterocycles. The largest absolute Gasteiger partial charge is 0.481 e. The lowest BCUT2D eigenvalue weighted by atomic mass is 10.0. The predicted octanol–water partition coefficient (Wildman–Crippen LogP) is -3.41. The molecule has 0 aromatic heterocycles. The molecule has 0 heterocycles. The maximum atomic E-state index is 12.6. The summed E-state index contributed by atoms with van der Waals surface area (Å²) in [6, 6.07) is -5.75. The van der Waals surface area contributed by atoms with Crippen LogP contribution >= 0.6 is 0 Å². The van der Waals surface area contributed by atoms with E-state index in [1.807, 2.05) is 10.6 Å². The first kappa shape index (κ1) is 29.2. The van der Waals surface area contributed by atoms with Crippen molar-refractivity contribution in [2.75, 3.05) is 6.54 Å². The van der Waals surface area contributed by atoms with Gasteiger partial charge in [-0.15, -0.1) is 0 Å². The van der Waals surface area contributed by atoms with E-state index in [9.17, 15) is 33.6 Å². The Labute approximate surface area is 188 Å². The average Bonchev–Trinajstić information content (AvgIpc) is 2.69. The van der Waals surface area contributed by atoms with Crippen LogP contribution < -0.4 is 27.0 Å². The third-order valence-electron chi connectivity index (χ3n) is 4.21. The van der Waals surface area contributed by atoms with E-state index < -0.39 is 85.1 Å². The summed E-state index contributed by atoms with van der Waals surface area (Å²) < 4.78 is 0. The van der Waals surface area contributed by atoms with Gasteiger partial charge < -0.3 is 42.3 Å². The number of aliphatic carboxylic acids is 3. The molecule has 0 spiro atoms. The Morgan fingerprint density at radius 2 is 1.09 bits per heavy atom. The molecule has 0 aromatic carbocycles.